The standard InChI is InChI=1S/C14H11NO2S/c1-15-11-7-3-5-9-13(11)18(17)12-8-4-2-6-10(12)14(15)16/h2-9H,1H3. The minimum Gasteiger partial charge on any atom is -0.606 e. The van der Waals surface area contributed by atoms with Gasteiger partial charge in [-0.2, -0.15) is 0 Å². The fourth-order valence-corrected chi connectivity index (χ4v) is 3.50. The number of amides is 1. The van der Waals surface area contributed by atoms with Gasteiger partial charge in [0.2, 0.25) is 0 Å². The molecule has 0 bridgehead atoms. The van der Waals surface area contributed by atoms with Crippen LogP contribution in [0.5, 0.6) is 0 Å². The Kier molecular flexibility index (Phi) is 2.61. The van der Waals surface area contributed by atoms with Crippen molar-refractivity contribution >= 4 is 22.8 Å². The lowest BCUT2D eigenvalue weighted by molar-refractivity contribution is 0.0990. The highest BCUT2D eigenvalue weighted by Gasteiger charge is 2.32. The predicted octanol–water partition coefficient (Wildman–Crippen LogP) is 2.44. The van der Waals surface area contributed by atoms with Crippen LogP contribution in [0.3, 0.4) is 0 Å². The summed E-state index contributed by atoms with van der Waals surface area (Å²) < 4.78 is 12.6. The maximum Gasteiger partial charge on any atom is 0.263 e. The van der Waals surface area contributed by atoms with Gasteiger partial charge in [0.15, 0.2) is 9.79 Å². The quantitative estimate of drug-likeness (QED) is 0.680. The summed E-state index contributed by atoms with van der Waals surface area (Å²) in [5, 5.41) is 0. The van der Waals surface area contributed by atoms with Gasteiger partial charge in [-0.1, -0.05) is 24.3 Å². The molecule has 0 spiro atoms. The molecule has 1 unspecified atom stereocenters. The molecule has 1 aliphatic rings. The first kappa shape index (κ1) is 11.3. The molecule has 2 aromatic carbocycles. The smallest absolute Gasteiger partial charge is 0.263 e. The number of anilines is 1. The third kappa shape index (κ3) is 1.54. The number of nitrogens with zero attached hydrogens (tertiary/aromatic N) is 1. The van der Waals surface area contributed by atoms with Crippen LogP contribution in [0, 0.1) is 0 Å². The second kappa shape index (κ2) is 4.15. The highest BCUT2D eigenvalue weighted by atomic mass is 32.2. The first-order valence-electron chi connectivity index (χ1n) is 5.58. The van der Waals surface area contributed by atoms with E-state index in [0.29, 0.717) is 21.0 Å². The van der Waals surface area contributed by atoms with E-state index >= 15 is 0 Å². The molecule has 4 heteroatoms. The second-order valence-corrected chi connectivity index (χ2v) is 5.51. The Bertz CT molecular complexity index is 627. The van der Waals surface area contributed by atoms with Crippen molar-refractivity contribution in [2.75, 3.05) is 11.9 Å². The van der Waals surface area contributed by atoms with Crippen LogP contribution >= 0.6 is 0 Å². The van der Waals surface area contributed by atoms with Crippen molar-refractivity contribution < 1.29 is 9.35 Å². The van der Waals surface area contributed by atoms with Gasteiger partial charge in [-0.3, -0.25) is 4.79 Å². The Labute approximate surface area is 108 Å². The van der Waals surface area contributed by atoms with Crippen molar-refractivity contribution in [3.8, 4) is 0 Å². The first-order valence-corrected chi connectivity index (χ1v) is 6.73. The Balaban J connectivity index is 2.31. The van der Waals surface area contributed by atoms with E-state index < -0.39 is 11.2 Å². The minimum atomic E-state index is -1.31. The van der Waals surface area contributed by atoms with Gasteiger partial charge in [0, 0.05) is 18.2 Å². The average Bonchev–Trinajstić information content (AvgIpc) is 2.51. The van der Waals surface area contributed by atoms with E-state index in [4.69, 9.17) is 0 Å². The van der Waals surface area contributed by atoms with E-state index in [1.807, 2.05) is 18.2 Å². The summed E-state index contributed by atoms with van der Waals surface area (Å²) in [7, 11) is 1.71. The predicted molar refractivity (Wildman–Crippen MR) is 70.3 cm³/mol. The molecule has 2 aromatic rings. The lowest BCUT2D eigenvalue weighted by Gasteiger charge is -2.15. The molecule has 0 radical (unpaired) electrons. The van der Waals surface area contributed by atoms with Gasteiger partial charge in [-0.05, 0) is 24.3 Å². The molecule has 0 aromatic heterocycles. The fourth-order valence-electron chi connectivity index (χ4n) is 2.10. The van der Waals surface area contributed by atoms with Crippen molar-refractivity contribution in [2.45, 2.75) is 9.79 Å². The molecular formula is C14H11NO2S. The Morgan fingerprint density at radius 3 is 2.39 bits per heavy atom. The number of hydrogen-bond acceptors (Lipinski definition) is 2. The van der Waals surface area contributed by atoms with Crippen LogP contribution in [0.25, 0.3) is 0 Å². The van der Waals surface area contributed by atoms with E-state index in [9.17, 15) is 9.35 Å². The lowest BCUT2D eigenvalue weighted by atomic mass is 10.2. The molecule has 0 aliphatic carbocycles. The molecule has 1 aliphatic heterocycles. The largest absolute Gasteiger partial charge is 0.606 e. The Morgan fingerprint density at radius 2 is 1.61 bits per heavy atom. The van der Waals surface area contributed by atoms with Crippen molar-refractivity contribution in [2.24, 2.45) is 0 Å². The monoisotopic (exact) mass is 257 g/mol. The third-order valence-corrected chi connectivity index (χ3v) is 4.55. The zero-order chi connectivity index (χ0) is 12.7. The number of para-hydroxylation sites is 1. The number of benzene rings is 2. The summed E-state index contributed by atoms with van der Waals surface area (Å²) in [6.45, 7) is 0. The van der Waals surface area contributed by atoms with Crippen LogP contribution in [0.15, 0.2) is 58.3 Å². The minimum absolute atomic E-state index is 0.121. The van der Waals surface area contributed by atoms with Crippen molar-refractivity contribution in [1.29, 1.82) is 0 Å². The molecule has 1 amide bonds. The molecule has 0 fully saturated rings. The number of rotatable bonds is 0. The van der Waals surface area contributed by atoms with Crippen LogP contribution in [0.4, 0.5) is 5.69 Å². The summed E-state index contributed by atoms with van der Waals surface area (Å²) in [5.41, 5.74) is 1.21. The third-order valence-electron chi connectivity index (χ3n) is 3.05. The SMILES string of the molecule is CN1C(=O)c2ccccc2[S+]([O-])c2ccccc21. The number of carbonyl (C=O) groups is 1. The van der Waals surface area contributed by atoms with Crippen molar-refractivity contribution in [3.05, 3.63) is 54.1 Å². The molecule has 0 saturated heterocycles. The highest BCUT2D eigenvalue weighted by molar-refractivity contribution is 7.91. The number of fused-ring (bicyclic) bond motifs is 2. The molecule has 18 heavy (non-hydrogen) atoms. The van der Waals surface area contributed by atoms with Gasteiger partial charge in [0.05, 0.1) is 11.3 Å². The van der Waals surface area contributed by atoms with Gasteiger partial charge in [-0.15, -0.1) is 0 Å². The maximum atomic E-state index is 12.6. The summed E-state index contributed by atoms with van der Waals surface area (Å²) in [6, 6.07) is 14.4. The van der Waals surface area contributed by atoms with Crippen LogP contribution in [-0.2, 0) is 11.2 Å². The van der Waals surface area contributed by atoms with Gasteiger partial charge in [0.1, 0.15) is 0 Å². The zero-order valence-corrected chi connectivity index (χ0v) is 10.6. The second-order valence-electron chi connectivity index (χ2n) is 4.10. The highest BCUT2D eigenvalue weighted by Crippen LogP contribution is 2.35. The average molecular weight is 257 g/mol. The zero-order valence-electron chi connectivity index (χ0n) is 9.79. The molecule has 0 saturated carbocycles. The van der Waals surface area contributed by atoms with Gasteiger partial charge < -0.3 is 9.45 Å². The van der Waals surface area contributed by atoms with Gasteiger partial charge in [0.25, 0.3) is 5.91 Å². The molecule has 1 heterocycles. The number of hydrogen-bond donors (Lipinski definition) is 0. The van der Waals surface area contributed by atoms with E-state index in [2.05, 4.69) is 0 Å². The first-order chi connectivity index (χ1) is 8.70. The molecule has 3 nitrogen and oxygen atoms in total. The fraction of sp³-hybridized carbons (Fsp3) is 0.0714. The normalized spacial score (nSPS) is 18.0. The molecule has 3 rings (SSSR count). The van der Waals surface area contributed by atoms with E-state index in [0.717, 1.165) is 0 Å². The lowest BCUT2D eigenvalue weighted by Crippen LogP contribution is -2.25. The van der Waals surface area contributed by atoms with Crippen LogP contribution in [0.2, 0.25) is 0 Å². The summed E-state index contributed by atoms with van der Waals surface area (Å²) >= 11 is -1.31. The van der Waals surface area contributed by atoms with E-state index in [-0.39, 0.29) is 5.91 Å². The van der Waals surface area contributed by atoms with Gasteiger partial charge in [-0.25, -0.2) is 0 Å². The molecule has 1 atom stereocenters. The van der Waals surface area contributed by atoms with Gasteiger partial charge >= 0.3 is 0 Å². The molecular weight excluding hydrogens is 246 g/mol. The molecule has 90 valence electrons. The maximum absolute atomic E-state index is 12.6. The van der Waals surface area contributed by atoms with Crippen LogP contribution in [-0.4, -0.2) is 17.5 Å². The topological polar surface area (TPSA) is 43.4 Å². The number of carbonyl (C=O) groups excluding carboxylic acids is 1. The summed E-state index contributed by atoms with van der Waals surface area (Å²) in [4.78, 5) is 15.2. The van der Waals surface area contributed by atoms with Crippen LogP contribution in [0.1, 0.15) is 10.4 Å². The Hall–Kier alpha value is -1.78. The van der Waals surface area contributed by atoms with E-state index in [1.165, 1.54) is 0 Å². The van der Waals surface area contributed by atoms with Crippen molar-refractivity contribution in [3.63, 3.8) is 0 Å². The molecule has 0 N–H and O–H groups in total. The van der Waals surface area contributed by atoms with E-state index in [1.54, 1.807) is 42.3 Å². The summed E-state index contributed by atoms with van der Waals surface area (Å²) in [5.74, 6) is -0.121. The van der Waals surface area contributed by atoms with Crippen LogP contribution < -0.4 is 4.90 Å². The summed E-state index contributed by atoms with van der Waals surface area (Å²) in [6.07, 6.45) is 0. The van der Waals surface area contributed by atoms with Crippen molar-refractivity contribution in [1.82, 2.24) is 0 Å². The Morgan fingerprint density at radius 1 is 1.00 bits per heavy atom.